The van der Waals surface area contributed by atoms with Gasteiger partial charge in [0.15, 0.2) is 5.69 Å². The maximum absolute atomic E-state index is 12.6. The van der Waals surface area contributed by atoms with Crippen LogP contribution in [0.4, 0.5) is 26.3 Å². The average Bonchev–Trinajstić information content (AvgIpc) is 2.30. The van der Waals surface area contributed by atoms with Crippen LogP contribution in [0.25, 0.3) is 0 Å². The van der Waals surface area contributed by atoms with Crippen molar-refractivity contribution < 1.29 is 40.6 Å². The first kappa shape index (κ1) is 16.9. The molecule has 0 radical (unpaired) electrons. The van der Waals surface area contributed by atoms with E-state index in [1.807, 2.05) is 0 Å². The number of carbonyl (C=O) groups is 1. The fraction of sp³-hybridized carbons (Fsp3) is 0.400. The molecule has 5 nitrogen and oxygen atoms in total. The molecule has 1 N–H and O–H groups in total. The Balaban J connectivity index is 3.41. The molecule has 0 aliphatic carbocycles. The van der Waals surface area contributed by atoms with Gasteiger partial charge in [0.25, 0.3) is 0 Å². The molecule has 0 saturated heterocycles. The molecule has 1 aromatic rings. The summed E-state index contributed by atoms with van der Waals surface area (Å²) < 4.78 is 81.3. The minimum absolute atomic E-state index is 0.477. The van der Waals surface area contributed by atoms with E-state index in [2.05, 4.69) is 9.47 Å². The second-order valence-electron chi connectivity index (χ2n) is 3.65. The molecule has 118 valence electrons. The number of aromatic nitrogens is 1. The number of nitrogens with one attached hydrogen (secondary N) is 1. The van der Waals surface area contributed by atoms with Gasteiger partial charge in [0.2, 0.25) is 11.2 Å². The van der Waals surface area contributed by atoms with Crippen molar-refractivity contribution in [1.29, 1.82) is 0 Å². The number of hydrogen-bond acceptors (Lipinski definition) is 4. The molecule has 21 heavy (non-hydrogen) atoms. The first-order chi connectivity index (χ1) is 9.45. The van der Waals surface area contributed by atoms with Crippen LogP contribution >= 0.6 is 0 Å². The molecule has 0 bridgehead atoms. The molecule has 0 amide bonds. The van der Waals surface area contributed by atoms with E-state index in [1.54, 1.807) is 0 Å². The molecule has 0 saturated carbocycles. The van der Waals surface area contributed by atoms with Crippen molar-refractivity contribution in [3.8, 4) is 5.75 Å². The Kier molecular flexibility index (Phi) is 4.54. The highest BCUT2D eigenvalue weighted by Gasteiger charge is 2.42. The van der Waals surface area contributed by atoms with Crippen LogP contribution in [0.5, 0.6) is 5.75 Å². The number of aromatic amines is 1. The molecule has 11 heteroatoms. The van der Waals surface area contributed by atoms with Gasteiger partial charge >= 0.3 is 18.5 Å². The number of pyridine rings is 1. The highest BCUT2D eigenvalue weighted by molar-refractivity contribution is 5.72. The smallest absolute Gasteiger partial charge is 0.469 e. The van der Waals surface area contributed by atoms with Gasteiger partial charge in [-0.15, -0.1) is 13.2 Å². The SMILES string of the molecule is COC(=O)Cc1c[nH]c(C(F)(F)F)c(OC(F)(F)F)c1=O. The van der Waals surface area contributed by atoms with Crippen molar-refractivity contribution in [2.45, 2.75) is 19.0 Å². The van der Waals surface area contributed by atoms with Crippen LogP contribution in [0, 0.1) is 0 Å². The fourth-order valence-electron chi connectivity index (χ4n) is 1.33. The van der Waals surface area contributed by atoms with Crippen LogP contribution in [0.2, 0.25) is 0 Å². The molecule has 1 aromatic heterocycles. The molecule has 1 rings (SSSR count). The zero-order chi connectivity index (χ0) is 16.4. The van der Waals surface area contributed by atoms with Crippen LogP contribution in [0.15, 0.2) is 11.0 Å². The Morgan fingerprint density at radius 3 is 2.24 bits per heavy atom. The number of ether oxygens (including phenoxy) is 2. The third-order valence-electron chi connectivity index (χ3n) is 2.18. The highest BCUT2D eigenvalue weighted by Crippen LogP contribution is 2.35. The third-order valence-corrected chi connectivity index (χ3v) is 2.18. The first-order valence-corrected chi connectivity index (χ1v) is 5.10. The summed E-state index contributed by atoms with van der Waals surface area (Å²) in [5.74, 6) is -2.99. The summed E-state index contributed by atoms with van der Waals surface area (Å²) in [6.07, 6.45) is -11.1. The number of esters is 1. The summed E-state index contributed by atoms with van der Waals surface area (Å²) in [6.45, 7) is 0. The van der Waals surface area contributed by atoms with Gasteiger partial charge in [-0.3, -0.25) is 9.59 Å². The summed E-state index contributed by atoms with van der Waals surface area (Å²) in [5.41, 5.74) is -4.36. The largest absolute Gasteiger partial charge is 0.573 e. The average molecular weight is 319 g/mol. The number of carbonyl (C=O) groups excluding carboxylic acids is 1. The molecule has 0 aromatic carbocycles. The Morgan fingerprint density at radius 2 is 1.81 bits per heavy atom. The number of hydrogen-bond donors (Lipinski definition) is 1. The monoisotopic (exact) mass is 319 g/mol. The van der Waals surface area contributed by atoms with E-state index in [1.165, 1.54) is 4.98 Å². The normalized spacial score (nSPS) is 12.1. The topological polar surface area (TPSA) is 68.4 Å². The van der Waals surface area contributed by atoms with Crippen molar-refractivity contribution >= 4 is 5.97 Å². The molecule has 0 aliphatic heterocycles. The zero-order valence-electron chi connectivity index (χ0n) is 10.2. The lowest BCUT2D eigenvalue weighted by atomic mass is 10.1. The van der Waals surface area contributed by atoms with Gasteiger partial charge in [0.1, 0.15) is 0 Å². The molecular formula is C10H7F6NO4. The molecule has 0 unspecified atom stereocenters. The summed E-state index contributed by atoms with van der Waals surface area (Å²) in [4.78, 5) is 24.0. The minimum atomic E-state index is -5.50. The van der Waals surface area contributed by atoms with Gasteiger partial charge in [-0.25, -0.2) is 0 Å². The molecular weight excluding hydrogens is 312 g/mol. The van der Waals surface area contributed by atoms with E-state index < -0.39 is 47.4 Å². The predicted molar refractivity (Wildman–Crippen MR) is 54.5 cm³/mol. The van der Waals surface area contributed by atoms with Gasteiger partial charge in [-0.1, -0.05) is 0 Å². The third kappa shape index (κ3) is 4.39. The standard InChI is InChI=1S/C10H7F6NO4/c1-20-5(18)2-4-3-17-8(9(11,12)13)7(6(4)19)21-10(14,15)16/h3H,2H2,1H3,(H,17,19). The first-order valence-electron chi connectivity index (χ1n) is 5.10. The Bertz CT molecular complexity index is 589. The Hall–Kier alpha value is -2.20. The lowest BCUT2D eigenvalue weighted by Gasteiger charge is -2.15. The molecule has 0 atom stereocenters. The fourth-order valence-corrected chi connectivity index (χ4v) is 1.33. The zero-order valence-corrected chi connectivity index (χ0v) is 10.2. The lowest BCUT2D eigenvalue weighted by Crippen LogP contribution is -2.28. The van der Waals surface area contributed by atoms with Crippen molar-refractivity contribution in [2.75, 3.05) is 7.11 Å². The van der Waals surface area contributed by atoms with E-state index in [4.69, 9.17) is 0 Å². The highest BCUT2D eigenvalue weighted by atomic mass is 19.4. The van der Waals surface area contributed by atoms with Gasteiger partial charge in [-0.05, 0) is 0 Å². The number of rotatable bonds is 3. The maximum atomic E-state index is 12.6. The molecule has 0 spiro atoms. The Morgan fingerprint density at radius 1 is 1.24 bits per heavy atom. The van der Waals surface area contributed by atoms with Gasteiger partial charge in [-0.2, -0.15) is 13.2 Å². The van der Waals surface area contributed by atoms with E-state index in [9.17, 15) is 35.9 Å². The summed E-state index contributed by atoms with van der Waals surface area (Å²) in [7, 11) is 0.938. The van der Waals surface area contributed by atoms with Crippen molar-refractivity contribution in [3.05, 3.63) is 27.7 Å². The van der Waals surface area contributed by atoms with E-state index in [0.29, 0.717) is 6.20 Å². The lowest BCUT2D eigenvalue weighted by molar-refractivity contribution is -0.277. The van der Waals surface area contributed by atoms with E-state index in [-0.39, 0.29) is 0 Å². The molecule has 1 heterocycles. The van der Waals surface area contributed by atoms with Crippen LogP contribution < -0.4 is 10.2 Å². The molecule has 0 aliphatic rings. The number of alkyl halides is 6. The second-order valence-corrected chi connectivity index (χ2v) is 3.65. The van der Waals surface area contributed by atoms with E-state index >= 15 is 0 Å². The molecule has 0 fully saturated rings. The quantitative estimate of drug-likeness (QED) is 0.683. The van der Waals surface area contributed by atoms with Gasteiger partial charge in [0, 0.05) is 11.8 Å². The van der Waals surface area contributed by atoms with Crippen molar-refractivity contribution in [3.63, 3.8) is 0 Å². The maximum Gasteiger partial charge on any atom is 0.573 e. The minimum Gasteiger partial charge on any atom is -0.469 e. The van der Waals surface area contributed by atoms with Crippen LogP contribution in [0.3, 0.4) is 0 Å². The number of H-pyrrole nitrogens is 1. The number of halogens is 6. The summed E-state index contributed by atoms with van der Waals surface area (Å²) >= 11 is 0. The van der Waals surface area contributed by atoms with Crippen molar-refractivity contribution in [1.82, 2.24) is 4.98 Å². The predicted octanol–water partition coefficient (Wildman–Crippen LogP) is 2.01. The Labute approximate surface area is 112 Å². The van der Waals surface area contributed by atoms with Crippen LogP contribution in [-0.4, -0.2) is 24.4 Å². The summed E-state index contributed by atoms with van der Waals surface area (Å²) in [5, 5.41) is 0. The van der Waals surface area contributed by atoms with Crippen LogP contribution in [0.1, 0.15) is 11.3 Å². The summed E-state index contributed by atoms with van der Waals surface area (Å²) in [6, 6.07) is 0. The van der Waals surface area contributed by atoms with E-state index in [0.717, 1.165) is 7.11 Å². The number of methoxy groups -OCH3 is 1. The van der Waals surface area contributed by atoms with Crippen molar-refractivity contribution in [2.24, 2.45) is 0 Å². The second kappa shape index (κ2) is 5.66. The van der Waals surface area contributed by atoms with Gasteiger partial charge < -0.3 is 14.5 Å². The van der Waals surface area contributed by atoms with Gasteiger partial charge in [0.05, 0.1) is 13.5 Å². The van der Waals surface area contributed by atoms with Crippen LogP contribution in [-0.2, 0) is 22.1 Å².